The van der Waals surface area contributed by atoms with Gasteiger partial charge in [-0.2, -0.15) is 0 Å². The molecule has 0 fully saturated rings. The first-order chi connectivity index (χ1) is 11.7. The Morgan fingerprint density at radius 2 is 1.92 bits per heavy atom. The van der Waals surface area contributed by atoms with E-state index in [2.05, 4.69) is 46.8 Å². The van der Waals surface area contributed by atoms with Crippen LogP contribution in [0.15, 0.2) is 65.4 Å². The summed E-state index contributed by atoms with van der Waals surface area (Å²) in [6.45, 7) is 3.13. The highest BCUT2D eigenvalue weighted by Gasteiger charge is 2.07. The highest BCUT2D eigenvalue weighted by atomic mass is 16.3. The lowest BCUT2D eigenvalue weighted by Gasteiger charge is -2.08. The predicted octanol–water partition coefficient (Wildman–Crippen LogP) is 3.53. The molecular formula is C19H19N3O2. The van der Waals surface area contributed by atoms with E-state index in [1.54, 1.807) is 24.6 Å². The quantitative estimate of drug-likeness (QED) is 0.729. The van der Waals surface area contributed by atoms with E-state index in [1.165, 1.54) is 11.1 Å². The summed E-state index contributed by atoms with van der Waals surface area (Å²) in [5, 5.41) is 6.06. The van der Waals surface area contributed by atoms with E-state index >= 15 is 0 Å². The Bertz CT molecular complexity index is 778. The molecule has 0 saturated carbocycles. The number of hydrogen-bond donors (Lipinski definition) is 2. The number of amides is 1. The van der Waals surface area contributed by atoms with Gasteiger partial charge in [-0.3, -0.25) is 4.79 Å². The van der Waals surface area contributed by atoms with E-state index in [-0.39, 0.29) is 5.91 Å². The number of carbonyl (C=O) groups excluding carboxylic acids is 1. The number of nitrogens with zero attached hydrogens (tertiary/aromatic N) is 1. The molecule has 1 amide bonds. The summed E-state index contributed by atoms with van der Waals surface area (Å²) in [7, 11) is 0. The van der Waals surface area contributed by atoms with Gasteiger partial charge in [0.05, 0.1) is 24.7 Å². The fourth-order valence-electron chi connectivity index (χ4n) is 2.21. The zero-order chi connectivity index (χ0) is 16.8. The van der Waals surface area contributed by atoms with Gasteiger partial charge in [0.2, 0.25) is 0 Å². The zero-order valence-corrected chi connectivity index (χ0v) is 13.5. The molecule has 24 heavy (non-hydrogen) atoms. The third-order valence-electron chi connectivity index (χ3n) is 3.62. The number of aryl methyl sites for hydroxylation is 1. The molecule has 2 aromatic heterocycles. The molecule has 2 N–H and O–H groups in total. The molecule has 5 heteroatoms. The van der Waals surface area contributed by atoms with E-state index in [0.717, 1.165) is 5.69 Å². The standard InChI is InChI=1S/C19H19N3O2/c1-14-4-6-15(7-5-14)11-20-16-8-9-18(21-12-16)19(23)22-13-17-3-2-10-24-17/h2-10,12,20H,11,13H2,1H3,(H,22,23). The lowest BCUT2D eigenvalue weighted by atomic mass is 10.1. The molecule has 0 aliphatic carbocycles. The van der Waals surface area contributed by atoms with Crippen molar-refractivity contribution in [3.05, 3.63) is 83.6 Å². The van der Waals surface area contributed by atoms with E-state index in [4.69, 9.17) is 4.42 Å². The largest absolute Gasteiger partial charge is 0.467 e. The third-order valence-corrected chi connectivity index (χ3v) is 3.62. The van der Waals surface area contributed by atoms with Crippen LogP contribution < -0.4 is 10.6 Å². The van der Waals surface area contributed by atoms with Gasteiger partial charge >= 0.3 is 0 Å². The normalized spacial score (nSPS) is 10.4. The maximum Gasteiger partial charge on any atom is 0.270 e. The van der Waals surface area contributed by atoms with Gasteiger partial charge < -0.3 is 15.1 Å². The number of anilines is 1. The summed E-state index contributed by atoms with van der Waals surface area (Å²) in [4.78, 5) is 16.2. The molecule has 2 heterocycles. The van der Waals surface area contributed by atoms with Gasteiger partial charge in [-0.1, -0.05) is 29.8 Å². The maximum atomic E-state index is 12.0. The predicted molar refractivity (Wildman–Crippen MR) is 92.6 cm³/mol. The Morgan fingerprint density at radius 1 is 1.08 bits per heavy atom. The molecule has 0 aliphatic rings. The van der Waals surface area contributed by atoms with Crippen LogP contribution in [0.1, 0.15) is 27.4 Å². The summed E-state index contributed by atoms with van der Waals surface area (Å²) >= 11 is 0. The van der Waals surface area contributed by atoms with Crippen molar-refractivity contribution in [2.75, 3.05) is 5.32 Å². The number of carbonyl (C=O) groups is 1. The van der Waals surface area contributed by atoms with Crippen LogP contribution in [-0.2, 0) is 13.1 Å². The molecular weight excluding hydrogens is 302 g/mol. The minimum Gasteiger partial charge on any atom is -0.467 e. The van der Waals surface area contributed by atoms with Gasteiger partial charge in [-0.05, 0) is 36.8 Å². The minimum absolute atomic E-state index is 0.225. The number of aromatic nitrogens is 1. The van der Waals surface area contributed by atoms with Gasteiger partial charge in [-0.25, -0.2) is 4.98 Å². The second kappa shape index (κ2) is 7.46. The molecule has 3 rings (SSSR count). The van der Waals surface area contributed by atoms with E-state index in [9.17, 15) is 4.79 Å². The van der Waals surface area contributed by atoms with E-state index in [1.807, 2.05) is 12.1 Å². The zero-order valence-electron chi connectivity index (χ0n) is 13.5. The van der Waals surface area contributed by atoms with E-state index < -0.39 is 0 Å². The Labute approximate surface area is 140 Å². The summed E-state index contributed by atoms with van der Waals surface area (Å²) in [5.74, 6) is 0.483. The highest BCUT2D eigenvalue weighted by Crippen LogP contribution is 2.10. The lowest BCUT2D eigenvalue weighted by Crippen LogP contribution is -2.23. The first kappa shape index (κ1) is 15.8. The number of nitrogens with one attached hydrogen (secondary N) is 2. The molecule has 0 spiro atoms. The number of rotatable bonds is 6. The SMILES string of the molecule is Cc1ccc(CNc2ccc(C(=O)NCc3ccco3)nc2)cc1. The van der Waals surface area contributed by atoms with Gasteiger partial charge in [0.25, 0.3) is 5.91 Å². The Kier molecular flexibility index (Phi) is 4.91. The lowest BCUT2D eigenvalue weighted by molar-refractivity contribution is 0.0943. The smallest absolute Gasteiger partial charge is 0.270 e. The second-order valence-corrected chi connectivity index (χ2v) is 5.53. The molecule has 1 aromatic carbocycles. The van der Waals surface area contributed by atoms with Gasteiger partial charge in [0.15, 0.2) is 0 Å². The van der Waals surface area contributed by atoms with Crippen LogP contribution in [-0.4, -0.2) is 10.9 Å². The van der Waals surface area contributed by atoms with Crippen LogP contribution >= 0.6 is 0 Å². The van der Waals surface area contributed by atoms with Crippen molar-refractivity contribution >= 4 is 11.6 Å². The molecule has 0 saturated heterocycles. The van der Waals surface area contributed by atoms with Crippen molar-refractivity contribution in [3.8, 4) is 0 Å². The molecule has 0 aliphatic heterocycles. The highest BCUT2D eigenvalue weighted by molar-refractivity contribution is 5.92. The number of pyridine rings is 1. The number of furan rings is 1. The molecule has 3 aromatic rings. The fourth-order valence-corrected chi connectivity index (χ4v) is 2.21. The molecule has 0 atom stereocenters. The molecule has 0 radical (unpaired) electrons. The van der Waals surface area contributed by atoms with Crippen molar-refractivity contribution in [2.24, 2.45) is 0 Å². The first-order valence-electron chi connectivity index (χ1n) is 7.77. The average Bonchev–Trinajstić information content (AvgIpc) is 3.13. The summed E-state index contributed by atoms with van der Waals surface area (Å²) in [5.41, 5.74) is 3.69. The topological polar surface area (TPSA) is 67.2 Å². The summed E-state index contributed by atoms with van der Waals surface area (Å²) < 4.78 is 5.18. The van der Waals surface area contributed by atoms with Crippen LogP contribution in [0.5, 0.6) is 0 Å². The maximum absolute atomic E-state index is 12.0. The third kappa shape index (κ3) is 4.23. The average molecular weight is 321 g/mol. The minimum atomic E-state index is -0.225. The van der Waals surface area contributed by atoms with Crippen LogP contribution in [0.4, 0.5) is 5.69 Å². The van der Waals surface area contributed by atoms with Gasteiger partial charge in [0, 0.05) is 6.54 Å². The van der Waals surface area contributed by atoms with Crippen molar-refractivity contribution in [3.63, 3.8) is 0 Å². The Hall–Kier alpha value is -3.08. The molecule has 0 unspecified atom stereocenters. The van der Waals surface area contributed by atoms with Crippen molar-refractivity contribution in [2.45, 2.75) is 20.0 Å². The van der Waals surface area contributed by atoms with Crippen molar-refractivity contribution < 1.29 is 9.21 Å². The van der Waals surface area contributed by atoms with Gasteiger partial charge in [0.1, 0.15) is 11.5 Å². The fraction of sp³-hybridized carbons (Fsp3) is 0.158. The van der Waals surface area contributed by atoms with Crippen molar-refractivity contribution in [1.82, 2.24) is 10.3 Å². The molecule has 0 bridgehead atoms. The van der Waals surface area contributed by atoms with Crippen LogP contribution in [0.2, 0.25) is 0 Å². The Morgan fingerprint density at radius 3 is 2.58 bits per heavy atom. The number of hydrogen-bond acceptors (Lipinski definition) is 4. The second-order valence-electron chi connectivity index (χ2n) is 5.53. The van der Waals surface area contributed by atoms with Crippen molar-refractivity contribution in [1.29, 1.82) is 0 Å². The number of benzene rings is 1. The summed E-state index contributed by atoms with van der Waals surface area (Å²) in [6.07, 6.45) is 3.24. The monoisotopic (exact) mass is 321 g/mol. The van der Waals surface area contributed by atoms with E-state index in [0.29, 0.717) is 24.5 Å². The Balaban J connectivity index is 1.52. The molecule has 5 nitrogen and oxygen atoms in total. The van der Waals surface area contributed by atoms with Gasteiger partial charge in [-0.15, -0.1) is 0 Å². The first-order valence-corrected chi connectivity index (χ1v) is 7.77. The van der Waals surface area contributed by atoms with Crippen LogP contribution in [0, 0.1) is 6.92 Å². The van der Waals surface area contributed by atoms with Crippen LogP contribution in [0.3, 0.4) is 0 Å². The summed E-state index contributed by atoms with van der Waals surface area (Å²) in [6, 6.07) is 15.5. The molecule has 122 valence electrons. The van der Waals surface area contributed by atoms with Crippen LogP contribution in [0.25, 0.3) is 0 Å².